The fourth-order valence-electron chi connectivity index (χ4n) is 3.13. The smallest absolute Gasteiger partial charge is 0.236 e. The lowest BCUT2D eigenvalue weighted by molar-refractivity contribution is -0.140. The third-order valence-electron chi connectivity index (χ3n) is 4.44. The lowest BCUT2D eigenvalue weighted by Gasteiger charge is -2.36. The van der Waals surface area contributed by atoms with Crippen LogP contribution in [0.5, 0.6) is 0 Å². The maximum absolute atomic E-state index is 13.0. The molecule has 0 aliphatic carbocycles. The average molecular weight is 300 g/mol. The molecule has 1 amide bonds. The fraction of sp³-hybridized carbons (Fsp3) is 0.857. The van der Waals surface area contributed by atoms with E-state index in [1.165, 1.54) is 0 Å². The molecule has 21 heavy (non-hydrogen) atoms. The molecule has 4 N–H and O–H groups in total. The van der Waals surface area contributed by atoms with E-state index in [0.717, 1.165) is 0 Å². The molecule has 1 aliphatic heterocycles. The summed E-state index contributed by atoms with van der Waals surface area (Å²) >= 11 is 0. The lowest BCUT2D eigenvalue weighted by atomic mass is 9.79. The van der Waals surface area contributed by atoms with Crippen molar-refractivity contribution in [2.75, 3.05) is 27.2 Å². The molecule has 1 fully saturated rings. The van der Waals surface area contributed by atoms with Crippen molar-refractivity contribution in [3.8, 4) is 0 Å². The number of hydrogen-bond donors (Lipinski definition) is 3. The van der Waals surface area contributed by atoms with Crippen molar-refractivity contribution in [2.45, 2.75) is 45.3 Å². The first-order valence-corrected chi connectivity index (χ1v) is 7.44. The van der Waals surface area contributed by atoms with Crippen LogP contribution in [0.15, 0.2) is 5.16 Å². The molecular weight excluding hydrogens is 272 g/mol. The third kappa shape index (κ3) is 3.47. The van der Waals surface area contributed by atoms with Crippen LogP contribution in [0.1, 0.15) is 33.1 Å². The van der Waals surface area contributed by atoms with Crippen molar-refractivity contribution in [1.29, 1.82) is 0 Å². The maximum Gasteiger partial charge on any atom is 0.236 e. The molecule has 0 aromatic heterocycles. The van der Waals surface area contributed by atoms with Gasteiger partial charge < -0.3 is 25.8 Å². The Morgan fingerprint density at radius 3 is 2.43 bits per heavy atom. The Hall–Kier alpha value is -1.34. The number of nitrogens with zero attached hydrogens (tertiary/aromatic N) is 3. The minimum atomic E-state index is -0.997. The van der Waals surface area contributed by atoms with Crippen LogP contribution in [-0.2, 0) is 4.79 Å². The van der Waals surface area contributed by atoms with Crippen LogP contribution in [0.4, 0.5) is 0 Å². The Bertz CT molecular complexity index is 394. The molecule has 0 radical (unpaired) electrons. The number of aliphatic hydroxyl groups excluding tert-OH is 1. The molecule has 122 valence electrons. The fourth-order valence-corrected chi connectivity index (χ4v) is 3.13. The Morgan fingerprint density at radius 1 is 1.43 bits per heavy atom. The number of likely N-dealkylation sites (N-methyl/N-ethyl adjacent to an activating group) is 1. The number of amides is 1. The van der Waals surface area contributed by atoms with Gasteiger partial charge in [-0.25, -0.2) is 0 Å². The number of β-amino-alcohol motifs (C(OH)–C–C–N with tert-alkyl or cyclic N) is 1. The van der Waals surface area contributed by atoms with Crippen molar-refractivity contribution < 1.29 is 15.1 Å². The molecule has 7 heteroatoms. The van der Waals surface area contributed by atoms with Crippen LogP contribution < -0.4 is 5.73 Å². The van der Waals surface area contributed by atoms with Crippen LogP contribution in [0.3, 0.4) is 0 Å². The van der Waals surface area contributed by atoms with Crippen LogP contribution in [0, 0.1) is 5.41 Å². The number of hydrogen-bond acceptors (Lipinski definition) is 5. The highest BCUT2D eigenvalue weighted by Crippen LogP contribution is 2.33. The van der Waals surface area contributed by atoms with E-state index in [-0.39, 0.29) is 17.8 Å². The SMILES string of the molecule is CCC(CC)(C(=O)N1CC(O)CC1CN(C)C)C(N)=NO. The molecule has 7 nitrogen and oxygen atoms in total. The van der Waals surface area contributed by atoms with Gasteiger partial charge in [-0.15, -0.1) is 0 Å². The number of oxime groups is 1. The zero-order valence-corrected chi connectivity index (χ0v) is 13.4. The number of amidine groups is 1. The first-order chi connectivity index (χ1) is 9.82. The van der Waals surface area contributed by atoms with Gasteiger partial charge in [0.1, 0.15) is 5.41 Å². The molecule has 2 atom stereocenters. The van der Waals surface area contributed by atoms with Gasteiger partial charge in [-0.05, 0) is 33.4 Å². The Kier molecular flexibility index (Phi) is 5.98. The molecule has 0 bridgehead atoms. The highest BCUT2D eigenvalue weighted by Gasteiger charge is 2.46. The van der Waals surface area contributed by atoms with Crippen LogP contribution in [0.25, 0.3) is 0 Å². The number of aliphatic hydroxyl groups is 1. The summed E-state index contributed by atoms with van der Waals surface area (Å²) in [6, 6.07) is -0.0496. The van der Waals surface area contributed by atoms with E-state index in [1.807, 2.05) is 32.8 Å². The van der Waals surface area contributed by atoms with Gasteiger partial charge in [0.15, 0.2) is 5.84 Å². The quantitative estimate of drug-likeness (QED) is 0.279. The summed E-state index contributed by atoms with van der Waals surface area (Å²) < 4.78 is 0. The van der Waals surface area contributed by atoms with Gasteiger partial charge in [0.05, 0.1) is 6.10 Å². The van der Waals surface area contributed by atoms with Crippen molar-refractivity contribution in [3.63, 3.8) is 0 Å². The molecule has 0 aromatic rings. The standard InChI is InChI=1S/C14H28N4O3/c1-5-14(6-2,12(15)16-21)13(20)18-9-11(19)7-10(18)8-17(3)4/h10-11,19,21H,5-9H2,1-4H3,(H2,15,16). The summed E-state index contributed by atoms with van der Waals surface area (Å²) in [5, 5.41) is 22.0. The molecule has 0 saturated carbocycles. The Labute approximate surface area is 126 Å². The summed E-state index contributed by atoms with van der Waals surface area (Å²) in [5.74, 6) is -0.214. The molecule has 1 rings (SSSR count). The summed E-state index contributed by atoms with van der Waals surface area (Å²) in [6.07, 6.45) is 0.959. The molecule has 1 saturated heterocycles. The normalized spacial score (nSPS) is 23.9. The van der Waals surface area contributed by atoms with Crippen molar-refractivity contribution in [1.82, 2.24) is 9.80 Å². The monoisotopic (exact) mass is 300 g/mol. The molecular formula is C14H28N4O3. The molecule has 0 spiro atoms. The second kappa shape index (κ2) is 7.09. The van der Waals surface area contributed by atoms with Gasteiger partial charge in [-0.1, -0.05) is 19.0 Å². The predicted octanol–water partition coefficient (Wildman–Crippen LogP) is 0.0626. The number of carbonyl (C=O) groups is 1. The van der Waals surface area contributed by atoms with Gasteiger partial charge in [0.2, 0.25) is 5.91 Å². The van der Waals surface area contributed by atoms with Crippen LogP contribution >= 0.6 is 0 Å². The third-order valence-corrected chi connectivity index (χ3v) is 4.44. The van der Waals surface area contributed by atoms with E-state index >= 15 is 0 Å². The van der Waals surface area contributed by atoms with Gasteiger partial charge in [0, 0.05) is 19.1 Å². The molecule has 1 heterocycles. The number of nitrogens with two attached hydrogens (primary N) is 1. The second-order valence-corrected chi connectivity index (χ2v) is 6.04. The van der Waals surface area contributed by atoms with E-state index in [0.29, 0.717) is 32.4 Å². The zero-order chi connectivity index (χ0) is 16.2. The minimum absolute atomic E-state index is 0.0496. The van der Waals surface area contributed by atoms with Crippen LogP contribution in [-0.4, -0.2) is 71.2 Å². The first-order valence-electron chi connectivity index (χ1n) is 7.44. The first kappa shape index (κ1) is 17.7. The second-order valence-electron chi connectivity index (χ2n) is 6.04. The van der Waals surface area contributed by atoms with Gasteiger partial charge in [-0.3, -0.25) is 4.79 Å². The Morgan fingerprint density at radius 2 is 2.00 bits per heavy atom. The summed E-state index contributed by atoms with van der Waals surface area (Å²) in [5.41, 5.74) is 4.81. The minimum Gasteiger partial charge on any atom is -0.409 e. The van der Waals surface area contributed by atoms with E-state index < -0.39 is 11.5 Å². The van der Waals surface area contributed by atoms with E-state index in [2.05, 4.69) is 5.16 Å². The zero-order valence-electron chi connectivity index (χ0n) is 13.4. The van der Waals surface area contributed by atoms with Gasteiger partial charge in [-0.2, -0.15) is 0 Å². The topological polar surface area (TPSA) is 102 Å². The summed E-state index contributed by atoms with van der Waals surface area (Å²) in [7, 11) is 3.87. The van der Waals surface area contributed by atoms with E-state index in [9.17, 15) is 9.90 Å². The molecule has 0 aromatic carbocycles. The van der Waals surface area contributed by atoms with E-state index in [4.69, 9.17) is 10.9 Å². The van der Waals surface area contributed by atoms with Crippen molar-refractivity contribution in [3.05, 3.63) is 0 Å². The Balaban J connectivity index is 3.07. The highest BCUT2D eigenvalue weighted by molar-refractivity contribution is 6.06. The van der Waals surface area contributed by atoms with Crippen molar-refractivity contribution in [2.24, 2.45) is 16.3 Å². The van der Waals surface area contributed by atoms with Gasteiger partial charge in [0.25, 0.3) is 0 Å². The average Bonchev–Trinajstić information content (AvgIpc) is 2.79. The number of rotatable bonds is 6. The van der Waals surface area contributed by atoms with Crippen LogP contribution in [0.2, 0.25) is 0 Å². The predicted molar refractivity (Wildman–Crippen MR) is 81.1 cm³/mol. The lowest BCUT2D eigenvalue weighted by Crippen LogP contribution is -2.53. The number of carbonyl (C=O) groups excluding carboxylic acids is 1. The number of likely N-dealkylation sites (tertiary alicyclic amines) is 1. The summed E-state index contributed by atoms with van der Waals surface area (Å²) in [6.45, 7) is 4.69. The van der Waals surface area contributed by atoms with Crippen molar-refractivity contribution >= 4 is 11.7 Å². The summed E-state index contributed by atoms with van der Waals surface area (Å²) in [4.78, 5) is 16.7. The molecule has 2 unspecified atom stereocenters. The van der Waals surface area contributed by atoms with E-state index in [1.54, 1.807) is 4.90 Å². The largest absolute Gasteiger partial charge is 0.409 e. The van der Waals surface area contributed by atoms with Gasteiger partial charge >= 0.3 is 0 Å². The highest BCUT2D eigenvalue weighted by atomic mass is 16.4. The maximum atomic E-state index is 13.0. The molecule has 1 aliphatic rings.